The lowest BCUT2D eigenvalue weighted by Gasteiger charge is -2.05. The zero-order chi connectivity index (χ0) is 9.84. The molecule has 13 heavy (non-hydrogen) atoms. The zero-order valence-electron chi connectivity index (χ0n) is 7.74. The van der Waals surface area contributed by atoms with Crippen LogP contribution in [0.3, 0.4) is 0 Å². The largest absolute Gasteiger partial charge is 0.303 e. The molecular weight excluding hydrogens is 162 g/mol. The van der Waals surface area contributed by atoms with E-state index >= 15 is 0 Å². The molecule has 0 N–H and O–H groups in total. The molecule has 1 unspecified atom stereocenters. The van der Waals surface area contributed by atoms with Gasteiger partial charge in [-0.05, 0) is 30.2 Å². The maximum Gasteiger partial charge on any atom is 0.127 e. The van der Waals surface area contributed by atoms with E-state index in [1.165, 1.54) is 0 Å². The van der Waals surface area contributed by atoms with Crippen LogP contribution in [-0.2, 0) is 4.79 Å². The fourth-order valence-electron chi connectivity index (χ4n) is 1.22. The van der Waals surface area contributed by atoms with Gasteiger partial charge in [-0.3, -0.25) is 0 Å². The number of carbonyl (C=O) groups excluding carboxylic acids is 1. The minimum atomic E-state index is -0.132. The fraction of sp³-hybridized carbons (Fsp3) is 0.273. The molecule has 1 atom stereocenters. The van der Waals surface area contributed by atoms with Gasteiger partial charge >= 0.3 is 0 Å². The molecule has 0 fully saturated rings. The predicted octanol–water partition coefficient (Wildman–Crippen LogP) is 2.17. The third-order valence-electron chi connectivity index (χ3n) is 1.96. The number of rotatable bonds is 2. The highest BCUT2D eigenvalue weighted by atomic mass is 16.1. The van der Waals surface area contributed by atoms with E-state index in [2.05, 4.69) is 6.07 Å². The van der Waals surface area contributed by atoms with Gasteiger partial charge in [0, 0.05) is 5.92 Å². The SMILES string of the molecule is Cc1cc(C#N)cc(C(C)C=O)c1. The summed E-state index contributed by atoms with van der Waals surface area (Å²) < 4.78 is 0. The Kier molecular flexibility index (Phi) is 2.81. The Morgan fingerprint density at radius 1 is 1.46 bits per heavy atom. The third kappa shape index (κ3) is 2.16. The molecule has 2 heteroatoms. The third-order valence-corrected chi connectivity index (χ3v) is 1.96. The van der Waals surface area contributed by atoms with Crippen molar-refractivity contribution in [2.45, 2.75) is 19.8 Å². The van der Waals surface area contributed by atoms with Crippen molar-refractivity contribution < 1.29 is 4.79 Å². The van der Waals surface area contributed by atoms with Crippen molar-refractivity contribution in [1.29, 1.82) is 5.26 Å². The second-order valence-corrected chi connectivity index (χ2v) is 3.17. The van der Waals surface area contributed by atoms with Crippen LogP contribution in [0.1, 0.15) is 29.5 Å². The average Bonchev–Trinajstić information content (AvgIpc) is 2.15. The molecule has 0 aliphatic rings. The number of hydrogen-bond acceptors (Lipinski definition) is 2. The minimum Gasteiger partial charge on any atom is -0.303 e. The van der Waals surface area contributed by atoms with Gasteiger partial charge in [0.25, 0.3) is 0 Å². The van der Waals surface area contributed by atoms with Crippen LogP contribution in [0, 0.1) is 18.3 Å². The summed E-state index contributed by atoms with van der Waals surface area (Å²) in [6, 6.07) is 7.56. The van der Waals surface area contributed by atoms with Crippen molar-refractivity contribution in [3.05, 3.63) is 34.9 Å². The second-order valence-electron chi connectivity index (χ2n) is 3.17. The standard InChI is InChI=1S/C11H11NO/c1-8-3-10(6-12)5-11(4-8)9(2)7-13/h3-5,7,9H,1-2H3. The number of hydrogen-bond donors (Lipinski definition) is 0. The Labute approximate surface area is 77.8 Å². The second kappa shape index (κ2) is 3.86. The normalized spacial score (nSPS) is 11.8. The summed E-state index contributed by atoms with van der Waals surface area (Å²) >= 11 is 0. The summed E-state index contributed by atoms with van der Waals surface area (Å²) in [5, 5.41) is 8.70. The summed E-state index contributed by atoms with van der Waals surface area (Å²) in [6.07, 6.45) is 0.885. The number of aldehydes is 1. The smallest absolute Gasteiger partial charge is 0.127 e. The average molecular weight is 173 g/mol. The lowest BCUT2D eigenvalue weighted by Crippen LogP contribution is -1.95. The van der Waals surface area contributed by atoms with E-state index in [0.29, 0.717) is 5.56 Å². The molecule has 0 heterocycles. The van der Waals surface area contributed by atoms with E-state index in [1.807, 2.05) is 19.9 Å². The van der Waals surface area contributed by atoms with Crippen molar-refractivity contribution in [2.75, 3.05) is 0 Å². The quantitative estimate of drug-likeness (QED) is 0.643. The maximum atomic E-state index is 10.5. The van der Waals surface area contributed by atoms with E-state index < -0.39 is 0 Å². The Balaban J connectivity index is 3.17. The summed E-state index contributed by atoms with van der Waals surface area (Å²) in [6.45, 7) is 3.74. The van der Waals surface area contributed by atoms with Crippen molar-refractivity contribution in [3.63, 3.8) is 0 Å². The highest BCUT2D eigenvalue weighted by molar-refractivity contribution is 5.62. The van der Waals surface area contributed by atoms with Gasteiger partial charge in [-0.2, -0.15) is 5.26 Å². The van der Waals surface area contributed by atoms with Crippen LogP contribution in [0.5, 0.6) is 0 Å². The van der Waals surface area contributed by atoms with Crippen LogP contribution >= 0.6 is 0 Å². The van der Waals surface area contributed by atoms with Crippen molar-refractivity contribution >= 4 is 6.29 Å². The van der Waals surface area contributed by atoms with Gasteiger partial charge in [-0.25, -0.2) is 0 Å². The minimum absolute atomic E-state index is 0.132. The highest BCUT2D eigenvalue weighted by Gasteiger charge is 2.05. The van der Waals surface area contributed by atoms with E-state index in [4.69, 9.17) is 5.26 Å². The molecule has 0 bridgehead atoms. The number of nitrogens with zero attached hydrogens (tertiary/aromatic N) is 1. The van der Waals surface area contributed by atoms with Crippen molar-refractivity contribution in [3.8, 4) is 6.07 Å². The number of nitriles is 1. The maximum absolute atomic E-state index is 10.5. The molecular formula is C11H11NO. The summed E-state index contributed by atoms with van der Waals surface area (Å²) in [5.74, 6) is -0.132. The first-order valence-electron chi connectivity index (χ1n) is 4.14. The Morgan fingerprint density at radius 2 is 2.15 bits per heavy atom. The number of benzene rings is 1. The topological polar surface area (TPSA) is 40.9 Å². The van der Waals surface area contributed by atoms with Crippen LogP contribution < -0.4 is 0 Å². The van der Waals surface area contributed by atoms with Crippen LogP contribution in [0.2, 0.25) is 0 Å². The number of carbonyl (C=O) groups is 1. The van der Waals surface area contributed by atoms with E-state index in [-0.39, 0.29) is 5.92 Å². The van der Waals surface area contributed by atoms with Gasteiger partial charge in [0.2, 0.25) is 0 Å². The van der Waals surface area contributed by atoms with Gasteiger partial charge in [0.1, 0.15) is 6.29 Å². The van der Waals surface area contributed by atoms with E-state index in [1.54, 1.807) is 12.1 Å². The van der Waals surface area contributed by atoms with Crippen LogP contribution in [0.4, 0.5) is 0 Å². The van der Waals surface area contributed by atoms with E-state index in [9.17, 15) is 4.79 Å². The van der Waals surface area contributed by atoms with Crippen LogP contribution in [-0.4, -0.2) is 6.29 Å². The molecule has 0 aromatic heterocycles. The molecule has 0 amide bonds. The Hall–Kier alpha value is -1.62. The molecule has 1 rings (SSSR count). The molecule has 1 aromatic rings. The molecule has 0 aliphatic carbocycles. The van der Waals surface area contributed by atoms with Gasteiger partial charge < -0.3 is 4.79 Å². The lowest BCUT2D eigenvalue weighted by atomic mass is 9.98. The van der Waals surface area contributed by atoms with Crippen LogP contribution in [0.25, 0.3) is 0 Å². The monoisotopic (exact) mass is 173 g/mol. The van der Waals surface area contributed by atoms with Crippen LogP contribution in [0.15, 0.2) is 18.2 Å². The lowest BCUT2D eigenvalue weighted by molar-refractivity contribution is -0.108. The van der Waals surface area contributed by atoms with E-state index in [0.717, 1.165) is 17.4 Å². The van der Waals surface area contributed by atoms with Gasteiger partial charge in [-0.1, -0.05) is 13.0 Å². The molecule has 2 nitrogen and oxygen atoms in total. The Bertz CT molecular complexity index is 363. The molecule has 66 valence electrons. The molecule has 0 radical (unpaired) electrons. The summed E-state index contributed by atoms with van der Waals surface area (Å²) in [4.78, 5) is 10.5. The molecule has 0 saturated carbocycles. The number of aryl methyl sites for hydroxylation is 1. The van der Waals surface area contributed by atoms with Crippen molar-refractivity contribution in [1.82, 2.24) is 0 Å². The molecule has 0 saturated heterocycles. The van der Waals surface area contributed by atoms with Crippen molar-refractivity contribution in [2.24, 2.45) is 0 Å². The summed E-state index contributed by atoms with van der Waals surface area (Å²) in [7, 11) is 0. The first-order chi connectivity index (χ1) is 6.17. The first kappa shape index (κ1) is 9.47. The zero-order valence-corrected chi connectivity index (χ0v) is 7.74. The van der Waals surface area contributed by atoms with Gasteiger partial charge in [0.15, 0.2) is 0 Å². The first-order valence-corrected chi connectivity index (χ1v) is 4.14. The fourth-order valence-corrected chi connectivity index (χ4v) is 1.22. The predicted molar refractivity (Wildman–Crippen MR) is 50.4 cm³/mol. The summed E-state index contributed by atoms with van der Waals surface area (Å²) in [5.41, 5.74) is 2.54. The molecule has 0 spiro atoms. The molecule has 0 aliphatic heterocycles. The van der Waals surface area contributed by atoms with Gasteiger partial charge in [0.05, 0.1) is 11.6 Å². The Morgan fingerprint density at radius 3 is 2.69 bits per heavy atom. The molecule has 1 aromatic carbocycles. The highest BCUT2D eigenvalue weighted by Crippen LogP contribution is 2.16. The van der Waals surface area contributed by atoms with Gasteiger partial charge in [-0.15, -0.1) is 0 Å².